The largest absolute Gasteiger partial charge is 0.360 e. The fourth-order valence-electron chi connectivity index (χ4n) is 2.67. The van der Waals surface area contributed by atoms with Gasteiger partial charge < -0.3 is 10.6 Å². The van der Waals surface area contributed by atoms with E-state index in [2.05, 4.69) is 25.8 Å². The second-order valence-corrected chi connectivity index (χ2v) is 5.76. The van der Waals surface area contributed by atoms with E-state index in [4.69, 9.17) is 12.2 Å². The maximum Gasteiger partial charge on any atom is 0.172 e. The number of fused-ring (bicyclic) bond motifs is 1. The quantitative estimate of drug-likeness (QED) is 0.742. The zero-order valence-corrected chi connectivity index (χ0v) is 12.4. The minimum atomic E-state index is 0.495. The number of rotatable bonds is 2. The molecule has 0 saturated heterocycles. The lowest BCUT2D eigenvalue weighted by Gasteiger charge is -2.24. The van der Waals surface area contributed by atoms with Crippen molar-refractivity contribution in [2.45, 2.75) is 45.1 Å². The number of aryl methyl sites for hydroxylation is 1. The van der Waals surface area contributed by atoms with Gasteiger partial charge in [-0.25, -0.2) is 4.98 Å². The van der Waals surface area contributed by atoms with E-state index in [1.807, 2.05) is 19.1 Å². The van der Waals surface area contributed by atoms with Gasteiger partial charge in [0.2, 0.25) is 0 Å². The number of aromatic amines is 1. The van der Waals surface area contributed by atoms with Crippen LogP contribution in [0.15, 0.2) is 12.1 Å². The predicted molar refractivity (Wildman–Crippen MR) is 84.9 cm³/mol. The molecule has 6 heteroatoms. The number of thiocarbonyl (C=S) groups is 1. The highest BCUT2D eigenvalue weighted by molar-refractivity contribution is 7.80. The van der Waals surface area contributed by atoms with Gasteiger partial charge in [-0.05, 0) is 44.1 Å². The van der Waals surface area contributed by atoms with Gasteiger partial charge in [0.15, 0.2) is 16.6 Å². The molecule has 3 rings (SSSR count). The van der Waals surface area contributed by atoms with Crippen molar-refractivity contribution in [3.05, 3.63) is 17.8 Å². The molecule has 0 bridgehead atoms. The highest BCUT2D eigenvalue weighted by atomic mass is 32.1. The summed E-state index contributed by atoms with van der Waals surface area (Å²) in [4.78, 5) is 4.40. The van der Waals surface area contributed by atoms with Crippen LogP contribution in [0.4, 0.5) is 5.82 Å². The van der Waals surface area contributed by atoms with Crippen LogP contribution in [0.3, 0.4) is 0 Å². The number of hydrogen-bond acceptors (Lipinski definition) is 3. The first-order chi connectivity index (χ1) is 9.72. The highest BCUT2D eigenvalue weighted by Crippen LogP contribution is 2.20. The minimum Gasteiger partial charge on any atom is -0.360 e. The molecule has 1 aliphatic carbocycles. The SMILES string of the molecule is Cc1ccc2c(NC(=S)NC3CCCCC3)n[nH]c2n1. The molecule has 2 aromatic heterocycles. The first-order valence-corrected chi connectivity index (χ1v) is 7.52. The lowest BCUT2D eigenvalue weighted by atomic mass is 9.96. The van der Waals surface area contributed by atoms with Crippen molar-refractivity contribution >= 4 is 34.2 Å². The van der Waals surface area contributed by atoms with Crippen LogP contribution in [0.25, 0.3) is 11.0 Å². The summed E-state index contributed by atoms with van der Waals surface area (Å²) in [6, 6.07) is 4.47. The molecular formula is C14H19N5S. The van der Waals surface area contributed by atoms with E-state index < -0.39 is 0 Å². The molecule has 0 aromatic carbocycles. The Labute approximate surface area is 123 Å². The molecule has 1 aliphatic rings. The van der Waals surface area contributed by atoms with Crippen molar-refractivity contribution in [2.24, 2.45) is 0 Å². The Kier molecular flexibility index (Phi) is 3.82. The van der Waals surface area contributed by atoms with E-state index in [0.717, 1.165) is 22.5 Å². The molecular weight excluding hydrogens is 270 g/mol. The van der Waals surface area contributed by atoms with Crippen molar-refractivity contribution in [3.8, 4) is 0 Å². The van der Waals surface area contributed by atoms with Crippen molar-refractivity contribution in [2.75, 3.05) is 5.32 Å². The molecule has 0 radical (unpaired) electrons. The molecule has 2 heterocycles. The van der Waals surface area contributed by atoms with E-state index >= 15 is 0 Å². The fourth-order valence-corrected chi connectivity index (χ4v) is 2.94. The molecule has 1 fully saturated rings. The third kappa shape index (κ3) is 2.90. The molecule has 0 amide bonds. The first kappa shape index (κ1) is 13.3. The molecule has 5 nitrogen and oxygen atoms in total. The van der Waals surface area contributed by atoms with E-state index in [9.17, 15) is 0 Å². The zero-order valence-electron chi connectivity index (χ0n) is 11.6. The number of nitrogens with zero attached hydrogens (tertiary/aromatic N) is 2. The topological polar surface area (TPSA) is 65.6 Å². The van der Waals surface area contributed by atoms with Gasteiger partial charge in [0.05, 0.1) is 5.39 Å². The molecule has 0 spiro atoms. The van der Waals surface area contributed by atoms with E-state index in [1.165, 1.54) is 32.1 Å². The summed E-state index contributed by atoms with van der Waals surface area (Å²) in [7, 11) is 0. The Bertz CT molecular complexity index is 615. The third-order valence-electron chi connectivity index (χ3n) is 3.74. The number of anilines is 1. The van der Waals surface area contributed by atoms with Crippen LogP contribution in [0, 0.1) is 6.92 Å². The van der Waals surface area contributed by atoms with Gasteiger partial charge >= 0.3 is 0 Å². The van der Waals surface area contributed by atoms with Crippen LogP contribution in [0.5, 0.6) is 0 Å². The standard InChI is InChI=1S/C14H19N5S/c1-9-7-8-11-12(15-9)18-19-13(11)17-14(20)16-10-5-3-2-4-6-10/h7-8,10H,2-6H2,1H3,(H3,15,16,17,18,19,20). The summed E-state index contributed by atoms with van der Waals surface area (Å²) in [6.07, 6.45) is 6.31. The molecule has 2 aromatic rings. The molecule has 1 saturated carbocycles. The highest BCUT2D eigenvalue weighted by Gasteiger charge is 2.15. The first-order valence-electron chi connectivity index (χ1n) is 7.11. The maximum absolute atomic E-state index is 5.38. The molecule has 106 valence electrons. The molecule has 3 N–H and O–H groups in total. The van der Waals surface area contributed by atoms with Crippen LogP contribution >= 0.6 is 12.2 Å². The van der Waals surface area contributed by atoms with Crippen LogP contribution in [0.1, 0.15) is 37.8 Å². The van der Waals surface area contributed by atoms with Gasteiger partial charge in [-0.1, -0.05) is 19.3 Å². The van der Waals surface area contributed by atoms with Crippen LogP contribution < -0.4 is 10.6 Å². The Morgan fingerprint density at radius 2 is 2.10 bits per heavy atom. The molecule has 20 heavy (non-hydrogen) atoms. The van der Waals surface area contributed by atoms with Crippen molar-refractivity contribution in [1.82, 2.24) is 20.5 Å². The van der Waals surface area contributed by atoms with Crippen LogP contribution in [-0.2, 0) is 0 Å². The average molecular weight is 289 g/mol. The number of H-pyrrole nitrogens is 1. The Hall–Kier alpha value is -1.69. The van der Waals surface area contributed by atoms with E-state index in [-0.39, 0.29) is 0 Å². The number of nitrogens with one attached hydrogen (secondary N) is 3. The van der Waals surface area contributed by atoms with E-state index in [1.54, 1.807) is 0 Å². The number of pyridine rings is 1. The molecule has 0 atom stereocenters. The van der Waals surface area contributed by atoms with Gasteiger partial charge in [0.25, 0.3) is 0 Å². The fraction of sp³-hybridized carbons (Fsp3) is 0.500. The van der Waals surface area contributed by atoms with Gasteiger partial charge in [-0.2, -0.15) is 5.10 Å². The van der Waals surface area contributed by atoms with Crippen molar-refractivity contribution in [3.63, 3.8) is 0 Å². The second-order valence-electron chi connectivity index (χ2n) is 5.35. The third-order valence-corrected chi connectivity index (χ3v) is 3.96. The summed E-state index contributed by atoms with van der Waals surface area (Å²) in [6.45, 7) is 1.96. The van der Waals surface area contributed by atoms with Gasteiger partial charge in [-0.15, -0.1) is 0 Å². The smallest absolute Gasteiger partial charge is 0.172 e. The van der Waals surface area contributed by atoms with Gasteiger partial charge in [0, 0.05) is 11.7 Å². The van der Waals surface area contributed by atoms with Crippen molar-refractivity contribution in [1.29, 1.82) is 0 Å². The number of hydrogen-bond donors (Lipinski definition) is 3. The summed E-state index contributed by atoms with van der Waals surface area (Å²) >= 11 is 5.38. The predicted octanol–water partition coefficient (Wildman–Crippen LogP) is 2.89. The molecule has 0 aliphatic heterocycles. The van der Waals surface area contributed by atoms with Gasteiger partial charge in [-0.3, -0.25) is 5.10 Å². The zero-order chi connectivity index (χ0) is 13.9. The van der Waals surface area contributed by atoms with Crippen molar-refractivity contribution < 1.29 is 0 Å². The summed E-state index contributed by atoms with van der Waals surface area (Å²) < 4.78 is 0. The Balaban J connectivity index is 1.67. The minimum absolute atomic E-state index is 0.495. The summed E-state index contributed by atoms with van der Waals surface area (Å²) in [5.74, 6) is 0.737. The van der Waals surface area contributed by atoms with Gasteiger partial charge in [0.1, 0.15) is 0 Å². The Morgan fingerprint density at radius 1 is 1.30 bits per heavy atom. The monoisotopic (exact) mass is 289 g/mol. The van der Waals surface area contributed by atoms with E-state index in [0.29, 0.717) is 11.2 Å². The van der Waals surface area contributed by atoms with Crippen LogP contribution in [-0.4, -0.2) is 26.3 Å². The second kappa shape index (κ2) is 5.75. The molecule has 0 unspecified atom stereocenters. The Morgan fingerprint density at radius 3 is 2.90 bits per heavy atom. The average Bonchev–Trinajstić information content (AvgIpc) is 2.82. The normalized spacial score (nSPS) is 16.2. The summed E-state index contributed by atoms with van der Waals surface area (Å²) in [5.41, 5.74) is 1.75. The number of aromatic nitrogens is 3. The lowest BCUT2D eigenvalue weighted by Crippen LogP contribution is -2.38. The lowest BCUT2D eigenvalue weighted by molar-refractivity contribution is 0.415. The maximum atomic E-state index is 5.38. The summed E-state index contributed by atoms with van der Waals surface area (Å²) in [5, 5.41) is 15.3. The van der Waals surface area contributed by atoms with Crippen LogP contribution in [0.2, 0.25) is 0 Å².